The maximum atomic E-state index is 12.8. The van der Waals surface area contributed by atoms with Crippen LogP contribution in [0.1, 0.15) is 54.9 Å². The molecule has 1 amide bonds. The van der Waals surface area contributed by atoms with Crippen molar-refractivity contribution in [1.29, 1.82) is 0 Å². The van der Waals surface area contributed by atoms with Gasteiger partial charge >= 0.3 is 0 Å². The van der Waals surface area contributed by atoms with Crippen LogP contribution in [0.5, 0.6) is 0 Å². The van der Waals surface area contributed by atoms with Crippen LogP contribution in [-0.2, 0) is 6.42 Å². The Hall–Kier alpha value is -3.93. The van der Waals surface area contributed by atoms with Gasteiger partial charge in [0.05, 0.1) is 5.52 Å². The summed E-state index contributed by atoms with van der Waals surface area (Å²) in [6, 6.07) is 25.1. The first-order valence-corrected chi connectivity index (χ1v) is 14.2. The summed E-state index contributed by atoms with van der Waals surface area (Å²) < 4.78 is 0. The fourth-order valence-corrected chi connectivity index (χ4v) is 5.46. The van der Waals surface area contributed by atoms with Gasteiger partial charge in [-0.15, -0.1) is 0 Å². The van der Waals surface area contributed by atoms with Crippen molar-refractivity contribution in [2.45, 2.75) is 51.5 Å². The van der Waals surface area contributed by atoms with Crippen LogP contribution in [0.4, 0.5) is 11.8 Å². The smallest absolute Gasteiger partial charge is 0.251 e. The standard InChI is InChI=1S/C33H39N5O/c1-4-7-23-10-14-25(15-11-23)26-16-18-27(19-17-26)32(39)34-22-24-12-20-28(21-13-24)35-33-36-30-9-6-5-8-29(30)31(37-33)38(2)3/h5-6,8-11,14-19,24,28H,4,7,12-13,20-22H2,1-3H3,(H,34,39)(H,35,36,37). The number of benzene rings is 3. The SMILES string of the molecule is CCCc1ccc(-c2ccc(C(=O)NCC3CCC(Nc4nc(N(C)C)c5ccccc5n4)CC3)cc2)cc1. The monoisotopic (exact) mass is 521 g/mol. The summed E-state index contributed by atoms with van der Waals surface area (Å²) in [5, 5.41) is 7.79. The predicted molar refractivity (Wildman–Crippen MR) is 161 cm³/mol. The highest BCUT2D eigenvalue weighted by atomic mass is 16.1. The van der Waals surface area contributed by atoms with Crippen LogP contribution in [0.15, 0.2) is 72.8 Å². The molecular formula is C33H39N5O. The molecule has 1 aromatic heterocycles. The van der Waals surface area contributed by atoms with Crippen LogP contribution >= 0.6 is 0 Å². The van der Waals surface area contributed by atoms with E-state index in [-0.39, 0.29) is 5.91 Å². The Morgan fingerprint density at radius 3 is 2.21 bits per heavy atom. The van der Waals surface area contributed by atoms with Crippen LogP contribution in [-0.4, -0.2) is 42.6 Å². The Morgan fingerprint density at radius 2 is 1.54 bits per heavy atom. The molecule has 0 aliphatic heterocycles. The number of carbonyl (C=O) groups excluding carboxylic acids is 1. The molecule has 0 bridgehead atoms. The van der Waals surface area contributed by atoms with Crippen molar-refractivity contribution >= 4 is 28.6 Å². The second kappa shape index (κ2) is 12.3. The Bertz CT molecular complexity index is 1390. The normalized spacial score (nSPS) is 17.1. The van der Waals surface area contributed by atoms with Crippen molar-refractivity contribution in [3.63, 3.8) is 0 Å². The van der Waals surface area contributed by atoms with Crippen molar-refractivity contribution < 1.29 is 4.79 Å². The van der Waals surface area contributed by atoms with E-state index in [1.54, 1.807) is 0 Å². The molecule has 1 fully saturated rings. The van der Waals surface area contributed by atoms with Gasteiger partial charge in [0, 0.05) is 37.6 Å². The van der Waals surface area contributed by atoms with Gasteiger partial charge in [0.15, 0.2) is 0 Å². The number of fused-ring (bicyclic) bond motifs is 1. The minimum atomic E-state index is 0.000806. The molecule has 0 spiro atoms. The summed E-state index contributed by atoms with van der Waals surface area (Å²) in [4.78, 5) is 24.4. The lowest BCUT2D eigenvalue weighted by atomic mass is 9.86. The zero-order valence-corrected chi connectivity index (χ0v) is 23.3. The van der Waals surface area contributed by atoms with E-state index in [1.165, 1.54) is 11.1 Å². The summed E-state index contributed by atoms with van der Waals surface area (Å²) in [7, 11) is 4.02. The molecule has 3 aromatic carbocycles. The number of rotatable bonds is 9. The number of nitrogens with zero attached hydrogens (tertiary/aromatic N) is 3. The number of aromatic nitrogens is 2. The van der Waals surface area contributed by atoms with E-state index in [0.29, 0.717) is 30.0 Å². The van der Waals surface area contributed by atoms with Crippen molar-refractivity contribution in [3.8, 4) is 11.1 Å². The van der Waals surface area contributed by atoms with Gasteiger partial charge in [0.25, 0.3) is 5.91 Å². The van der Waals surface area contributed by atoms with E-state index < -0.39 is 0 Å². The maximum Gasteiger partial charge on any atom is 0.251 e. The number of hydrogen-bond acceptors (Lipinski definition) is 5. The first kappa shape index (κ1) is 26.7. The summed E-state index contributed by atoms with van der Waals surface area (Å²) in [5.74, 6) is 2.11. The third kappa shape index (κ3) is 6.56. The van der Waals surface area contributed by atoms with Gasteiger partial charge in [0.1, 0.15) is 5.82 Å². The second-order valence-corrected chi connectivity index (χ2v) is 10.9. The molecule has 6 nitrogen and oxygen atoms in total. The van der Waals surface area contributed by atoms with E-state index in [9.17, 15) is 4.79 Å². The van der Waals surface area contributed by atoms with Gasteiger partial charge in [-0.2, -0.15) is 4.98 Å². The zero-order valence-electron chi connectivity index (χ0n) is 23.3. The lowest BCUT2D eigenvalue weighted by Gasteiger charge is -2.29. The third-order valence-electron chi connectivity index (χ3n) is 7.71. The fourth-order valence-electron chi connectivity index (χ4n) is 5.46. The minimum Gasteiger partial charge on any atom is -0.362 e. The highest BCUT2D eigenvalue weighted by molar-refractivity contribution is 5.94. The quantitative estimate of drug-likeness (QED) is 0.256. The molecule has 2 N–H and O–H groups in total. The second-order valence-electron chi connectivity index (χ2n) is 10.9. The van der Waals surface area contributed by atoms with Gasteiger partial charge in [-0.1, -0.05) is 61.9 Å². The molecule has 1 heterocycles. The van der Waals surface area contributed by atoms with Crippen molar-refractivity contribution in [2.75, 3.05) is 30.9 Å². The fraction of sp³-hybridized carbons (Fsp3) is 0.364. The van der Waals surface area contributed by atoms with Gasteiger partial charge in [-0.05, 0) is 79.0 Å². The van der Waals surface area contributed by atoms with Gasteiger partial charge in [-0.3, -0.25) is 4.79 Å². The van der Waals surface area contributed by atoms with E-state index in [2.05, 4.69) is 47.9 Å². The number of hydrogen-bond donors (Lipinski definition) is 2. The summed E-state index contributed by atoms with van der Waals surface area (Å²) in [5.41, 5.74) is 5.34. The van der Waals surface area contributed by atoms with E-state index in [0.717, 1.165) is 60.8 Å². The number of para-hydroxylation sites is 1. The number of aryl methyl sites for hydroxylation is 1. The topological polar surface area (TPSA) is 70.2 Å². The Morgan fingerprint density at radius 1 is 0.872 bits per heavy atom. The maximum absolute atomic E-state index is 12.8. The first-order valence-electron chi connectivity index (χ1n) is 14.2. The number of anilines is 2. The van der Waals surface area contributed by atoms with Gasteiger partial charge < -0.3 is 15.5 Å². The van der Waals surface area contributed by atoms with Crippen LogP contribution in [0.2, 0.25) is 0 Å². The molecule has 0 radical (unpaired) electrons. The minimum absolute atomic E-state index is 0.000806. The highest BCUT2D eigenvalue weighted by Crippen LogP contribution is 2.28. The molecule has 1 saturated carbocycles. The number of carbonyl (C=O) groups is 1. The first-order chi connectivity index (χ1) is 19.0. The molecule has 0 atom stereocenters. The average molecular weight is 522 g/mol. The molecule has 39 heavy (non-hydrogen) atoms. The van der Waals surface area contributed by atoms with Crippen LogP contribution in [0.25, 0.3) is 22.0 Å². The summed E-state index contributed by atoms with van der Waals surface area (Å²) in [6.07, 6.45) is 6.48. The van der Waals surface area contributed by atoms with Crippen molar-refractivity contribution in [1.82, 2.24) is 15.3 Å². The third-order valence-corrected chi connectivity index (χ3v) is 7.71. The zero-order chi connectivity index (χ0) is 27.2. The van der Waals surface area contributed by atoms with Gasteiger partial charge in [0.2, 0.25) is 5.95 Å². The van der Waals surface area contributed by atoms with E-state index >= 15 is 0 Å². The van der Waals surface area contributed by atoms with Gasteiger partial charge in [-0.25, -0.2) is 4.98 Å². The number of amides is 1. The molecule has 1 aliphatic carbocycles. The summed E-state index contributed by atoms with van der Waals surface area (Å²) in [6.45, 7) is 2.91. The molecule has 5 rings (SSSR count). The predicted octanol–water partition coefficient (Wildman–Crippen LogP) is 6.72. The highest BCUT2D eigenvalue weighted by Gasteiger charge is 2.23. The molecular weight excluding hydrogens is 482 g/mol. The van der Waals surface area contributed by atoms with Crippen LogP contribution < -0.4 is 15.5 Å². The average Bonchev–Trinajstić information content (AvgIpc) is 2.97. The van der Waals surface area contributed by atoms with Crippen LogP contribution in [0, 0.1) is 5.92 Å². The Balaban J connectivity index is 1.11. The van der Waals surface area contributed by atoms with Crippen molar-refractivity contribution in [3.05, 3.63) is 83.9 Å². The molecule has 0 unspecified atom stereocenters. The largest absolute Gasteiger partial charge is 0.362 e. The van der Waals surface area contributed by atoms with E-state index in [1.807, 2.05) is 61.5 Å². The lowest BCUT2D eigenvalue weighted by molar-refractivity contribution is 0.0943. The number of nitrogens with one attached hydrogen (secondary N) is 2. The molecule has 1 aliphatic rings. The molecule has 202 valence electrons. The lowest BCUT2D eigenvalue weighted by Crippen LogP contribution is -2.34. The van der Waals surface area contributed by atoms with E-state index in [4.69, 9.17) is 9.97 Å². The molecule has 4 aromatic rings. The summed E-state index contributed by atoms with van der Waals surface area (Å²) >= 11 is 0. The molecule has 0 saturated heterocycles. The Labute approximate surface area is 231 Å². The van der Waals surface area contributed by atoms with Crippen molar-refractivity contribution in [2.24, 2.45) is 5.92 Å². The molecule has 6 heteroatoms. The Kier molecular flexibility index (Phi) is 8.40. The van der Waals surface area contributed by atoms with Crippen LogP contribution in [0.3, 0.4) is 0 Å².